The van der Waals surface area contributed by atoms with Crippen LogP contribution >= 0.6 is 22.6 Å². The third-order valence-electron chi connectivity index (χ3n) is 6.92. The van der Waals surface area contributed by atoms with Crippen molar-refractivity contribution in [1.29, 1.82) is 0 Å². The Morgan fingerprint density at radius 3 is 1.62 bits per heavy atom. The van der Waals surface area contributed by atoms with Gasteiger partial charge in [0.05, 0.1) is 17.5 Å². The van der Waals surface area contributed by atoms with E-state index in [9.17, 15) is 9.59 Å². The molecule has 2 fully saturated rings. The molecule has 32 heavy (non-hydrogen) atoms. The molecule has 4 heteroatoms. The maximum Gasteiger partial charge on any atom is 0.238 e. The molecule has 1 aliphatic heterocycles. The highest BCUT2D eigenvalue weighted by molar-refractivity contribution is 14.1. The number of benzene rings is 3. The number of imide groups is 1. The highest BCUT2D eigenvalue weighted by Crippen LogP contribution is 2.59. The van der Waals surface area contributed by atoms with Gasteiger partial charge in [-0.15, -0.1) is 0 Å². The van der Waals surface area contributed by atoms with E-state index in [0.717, 1.165) is 20.3 Å². The van der Waals surface area contributed by atoms with Crippen LogP contribution in [0, 0.1) is 27.2 Å². The average Bonchev–Trinajstić information content (AvgIpc) is 3.46. The van der Waals surface area contributed by atoms with Crippen LogP contribution in [-0.2, 0) is 9.59 Å². The molecule has 2 aliphatic carbocycles. The number of amides is 2. The summed E-state index contributed by atoms with van der Waals surface area (Å²) in [7, 11) is 0. The monoisotopic (exact) mass is 529 g/mol. The Bertz CT molecular complexity index is 1220. The van der Waals surface area contributed by atoms with Gasteiger partial charge in [0.15, 0.2) is 0 Å². The molecule has 4 atom stereocenters. The molecule has 3 aliphatic rings. The number of carbonyl (C=O) groups is 2. The van der Waals surface area contributed by atoms with Crippen molar-refractivity contribution in [1.82, 2.24) is 0 Å². The number of rotatable bonds is 3. The van der Waals surface area contributed by atoms with E-state index in [1.807, 2.05) is 60.7 Å². The molecule has 3 aromatic rings. The molecule has 0 unspecified atom stereocenters. The number of hydrogen-bond donors (Lipinski definition) is 0. The zero-order valence-electron chi connectivity index (χ0n) is 17.2. The normalized spacial score (nSPS) is 25.5. The Morgan fingerprint density at radius 1 is 0.656 bits per heavy atom. The first kappa shape index (κ1) is 19.7. The molecule has 0 spiro atoms. The second-order valence-electron chi connectivity index (χ2n) is 8.51. The lowest BCUT2D eigenvalue weighted by atomic mass is 9.85. The van der Waals surface area contributed by atoms with Crippen LogP contribution in [0.2, 0.25) is 0 Å². The largest absolute Gasteiger partial charge is 0.274 e. The summed E-state index contributed by atoms with van der Waals surface area (Å²) in [4.78, 5) is 28.7. The lowest BCUT2D eigenvalue weighted by molar-refractivity contribution is -0.122. The van der Waals surface area contributed by atoms with E-state index in [0.29, 0.717) is 5.69 Å². The van der Waals surface area contributed by atoms with E-state index in [4.69, 9.17) is 0 Å². The molecule has 0 aromatic heterocycles. The molecule has 1 heterocycles. The van der Waals surface area contributed by atoms with Crippen molar-refractivity contribution in [3.8, 4) is 0 Å². The van der Waals surface area contributed by atoms with E-state index in [1.54, 1.807) is 0 Å². The first-order chi connectivity index (χ1) is 15.7. The predicted octanol–water partition coefficient (Wildman–Crippen LogP) is 5.71. The zero-order valence-corrected chi connectivity index (χ0v) is 19.3. The Balaban J connectivity index is 1.50. The fourth-order valence-corrected chi connectivity index (χ4v) is 6.31. The number of halogens is 1. The van der Waals surface area contributed by atoms with Crippen molar-refractivity contribution in [2.75, 3.05) is 4.90 Å². The van der Waals surface area contributed by atoms with E-state index in [-0.39, 0.29) is 35.5 Å². The van der Waals surface area contributed by atoms with Crippen LogP contribution < -0.4 is 4.90 Å². The van der Waals surface area contributed by atoms with Gasteiger partial charge >= 0.3 is 0 Å². The predicted molar refractivity (Wildman–Crippen MR) is 134 cm³/mol. The maximum atomic E-state index is 13.6. The average molecular weight is 529 g/mol. The quantitative estimate of drug-likeness (QED) is 0.248. The number of carbonyl (C=O) groups excluding carboxylic acids is 2. The summed E-state index contributed by atoms with van der Waals surface area (Å²) >= 11 is 2.20. The Hall–Kier alpha value is -2.99. The van der Waals surface area contributed by atoms with Gasteiger partial charge in [0, 0.05) is 15.4 Å². The SMILES string of the molecule is O=C1[C@@H]2[C@H](C(=O)N1c1ccccc1I)[C@H]1C=C[C@H]2C1=C(c1ccccc1)c1ccccc1. The highest BCUT2D eigenvalue weighted by Gasteiger charge is 2.62. The molecule has 6 rings (SSSR count). The van der Waals surface area contributed by atoms with Crippen molar-refractivity contribution < 1.29 is 9.59 Å². The van der Waals surface area contributed by atoms with Gasteiger partial charge in [-0.2, -0.15) is 0 Å². The van der Waals surface area contributed by atoms with Crippen LogP contribution in [0.1, 0.15) is 11.1 Å². The number of hydrogen-bond acceptors (Lipinski definition) is 2. The van der Waals surface area contributed by atoms with Gasteiger partial charge in [-0.1, -0.05) is 84.9 Å². The summed E-state index contributed by atoms with van der Waals surface area (Å²) in [5.74, 6) is -0.902. The topological polar surface area (TPSA) is 37.4 Å². The fourth-order valence-electron chi connectivity index (χ4n) is 5.68. The first-order valence-electron chi connectivity index (χ1n) is 10.8. The summed E-state index contributed by atoms with van der Waals surface area (Å²) in [5, 5.41) is 0. The summed E-state index contributed by atoms with van der Waals surface area (Å²) < 4.78 is 0.914. The number of allylic oxidation sites excluding steroid dienone is 3. The first-order valence-corrected chi connectivity index (χ1v) is 11.9. The number of fused-ring (bicyclic) bond motifs is 5. The van der Waals surface area contributed by atoms with Crippen LogP contribution in [0.4, 0.5) is 5.69 Å². The standard InChI is InChI=1S/C28H20INO2/c29-21-13-7-8-14-22(21)30-27(31)25-19-15-16-20(26(25)28(30)32)24(19)23(17-9-3-1-4-10-17)18-11-5-2-6-12-18/h1-16,19-20,25-26H/t19-,20-,25-,26+/m0/s1. The smallest absolute Gasteiger partial charge is 0.238 e. The Morgan fingerprint density at radius 2 is 1.12 bits per heavy atom. The molecule has 156 valence electrons. The fraction of sp³-hybridized carbons (Fsp3) is 0.143. The second-order valence-corrected chi connectivity index (χ2v) is 9.68. The molecule has 3 nitrogen and oxygen atoms in total. The van der Waals surface area contributed by atoms with Crippen molar-refractivity contribution >= 4 is 45.7 Å². The summed E-state index contributed by atoms with van der Waals surface area (Å²) in [6.07, 6.45) is 4.30. The van der Waals surface area contributed by atoms with Crippen molar-refractivity contribution in [2.45, 2.75) is 0 Å². The zero-order chi connectivity index (χ0) is 21.8. The molecule has 2 bridgehead atoms. The second kappa shape index (κ2) is 7.55. The van der Waals surface area contributed by atoms with Gasteiger partial charge in [-0.3, -0.25) is 9.59 Å². The Kier molecular flexibility index (Phi) is 4.65. The molecule has 3 aromatic carbocycles. The van der Waals surface area contributed by atoms with Gasteiger partial charge in [-0.05, 0) is 57.0 Å². The van der Waals surface area contributed by atoms with Crippen molar-refractivity contribution in [3.63, 3.8) is 0 Å². The van der Waals surface area contributed by atoms with Gasteiger partial charge < -0.3 is 0 Å². The minimum absolute atomic E-state index is 0.0526. The van der Waals surface area contributed by atoms with Crippen LogP contribution in [0.25, 0.3) is 5.57 Å². The van der Waals surface area contributed by atoms with Gasteiger partial charge in [-0.25, -0.2) is 4.90 Å². The molecule has 1 saturated heterocycles. The van der Waals surface area contributed by atoms with E-state index in [1.165, 1.54) is 10.5 Å². The van der Waals surface area contributed by atoms with Gasteiger partial charge in [0.1, 0.15) is 0 Å². The number of para-hydroxylation sites is 1. The molecule has 1 saturated carbocycles. The maximum absolute atomic E-state index is 13.6. The lowest BCUT2D eigenvalue weighted by Gasteiger charge is -2.22. The Labute approximate surface area is 200 Å². The van der Waals surface area contributed by atoms with Gasteiger partial charge in [0.2, 0.25) is 11.8 Å². The molecule has 0 radical (unpaired) electrons. The van der Waals surface area contributed by atoms with Crippen molar-refractivity contribution in [3.05, 3.63) is 117 Å². The van der Waals surface area contributed by atoms with Crippen LogP contribution in [0.3, 0.4) is 0 Å². The molecule has 0 N–H and O–H groups in total. The number of anilines is 1. The van der Waals surface area contributed by atoms with Crippen LogP contribution in [0.15, 0.2) is 103 Å². The third kappa shape index (κ3) is 2.78. The molecular weight excluding hydrogens is 509 g/mol. The van der Waals surface area contributed by atoms with Crippen LogP contribution in [-0.4, -0.2) is 11.8 Å². The minimum atomic E-state index is -0.328. The summed E-state index contributed by atoms with van der Waals surface area (Å²) in [6, 6.07) is 28.3. The van der Waals surface area contributed by atoms with Gasteiger partial charge in [0.25, 0.3) is 0 Å². The minimum Gasteiger partial charge on any atom is -0.274 e. The number of nitrogens with zero attached hydrogens (tertiary/aromatic N) is 1. The molecular formula is C28H20INO2. The van der Waals surface area contributed by atoms with E-state index < -0.39 is 0 Å². The van der Waals surface area contributed by atoms with Crippen LogP contribution in [0.5, 0.6) is 0 Å². The van der Waals surface area contributed by atoms with E-state index >= 15 is 0 Å². The van der Waals surface area contributed by atoms with E-state index in [2.05, 4.69) is 59.0 Å². The summed E-state index contributed by atoms with van der Waals surface area (Å²) in [6.45, 7) is 0. The summed E-state index contributed by atoms with van der Waals surface area (Å²) in [5.41, 5.74) is 5.32. The highest BCUT2D eigenvalue weighted by atomic mass is 127. The lowest BCUT2D eigenvalue weighted by Crippen LogP contribution is -2.33. The third-order valence-corrected chi connectivity index (χ3v) is 7.83. The molecule has 2 amide bonds. The van der Waals surface area contributed by atoms with Crippen molar-refractivity contribution in [2.24, 2.45) is 23.7 Å².